The van der Waals surface area contributed by atoms with Crippen molar-refractivity contribution < 1.29 is 22.7 Å². The highest BCUT2D eigenvalue weighted by molar-refractivity contribution is 5.75. The van der Waals surface area contributed by atoms with E-state index >= 15 is 0 Å². The molecule has 2 heterocycles. The Hall–Kier alpha value is -2.55. The Labute approximate surface area is 161 Å². The molecule has 1 aromatic heterocycles. The van der Waals surface area contributed by atoms with E-state index in [4.69, 9.17) is 4.74 Å². The molecule has 28 heavy (non-hydrogen) atoms. The van der Waals surface area contributed by atoms with Gasteiger partial charge in [-0.2, -0.15) is 18.3 Å². The number of ether oxygens (including phenoxy) is 1. The lowest BCUT2D eigenvalue weighted by Gasteiger charge is -2.29. The fourth-order valence-corrected chi connectivity index (χ4v) is 3.45. The number of rotatable bonds is 7. The molecule has 1 N–H and O–H groups in total. The molecule has 1 atom stereocenters. The number of aromatic nitrogens is 2. The number of carbonyl (C=O) groups excluding carboxylic acids is 1. The molecular weight excluding hydrogens is 373 g/mol. The highest BCUT2D eigenvalue weighted by Crippen LogP contribution is 2.31. The summed E-state index contributed by atoms with van der Waals surface area (Å²) >= 11 is 0. The Morgan fingerprint density at radius 3 is 2.61 bits per heavy atom. The maximum atomic E-state index is 12.6. The molecular formula is C19H23F3N4O2. The number of methoxy groups -OCH3 is 1. The molecule has 0 radical (unpaired) electrons. The highest BCUT2D eigenvalue weighted by Gasteiger charge is 2.33. The largest absolute Gasteiger partial charge is 0.496 e. The summed E-state index contributed by atoms with van der Waals surface area (Å²) in [5.74, 6) is 0.353. The number of amides is 1. The Morgan fingerprint density at radius 2 is 1.96 bits per heavy atom. The Balaban J connectivity index is 1.66. The number of hydrogen-bond donors (Lipinski definition) is 1. The molecule has 0 saturated carbocycles. The van der Waals surface area contributed by atoms with Crippen LogP contribution in [0.15, 0.2) is 36.5 Å². The zero-order valence-electron chi connectivity index (χ0n) is 15.6. The first kappa shape index (κ1) is 20.2. The van der Waals surface area contributed by atoms with Crippen molar-refractivity contribution >= 4 is 5.91 Å². The minimum atomic E-state index is -4.52. The zero-order chi connectivity index (χ0) is 20.1. The van der Waals surface area contributed by atoms with Gasteiger partial charge in [0.25, 0.3) is 0 Å². The van der Waals surface area contributed by atoms with E-state index in [1.165, 1.54) is 0 Å². The number of benzene rings is 1. The van der Waals surface area contributed by atoms with Crippen LogP contribution < -0.4 is 10.1 Å². The number of nitrogens with one attached hydrogen (secondary N) is 1. The van der Waals surface area contributed by atoms with Crippen LogP contribution in [0.3, 0.4) is 0 Å². The average molecular weight is 396 g/mol. The average Bonchev–Trinajstić information content (AvgIpc) is 3.34. The third-order valence-corrected chi connectivity index (χ3v) is 4.81. The van der Waals surface area contributed by atoms with Gasteiger partial charge in [-0.15, -0.1) is 0 Å². The van der Waals surface area contributed by atoms with Gasteiger partial charge >= 0.3 is 6.18 Å². The van der Waals surface area contributed by atoms with Crippen molar-refractivity contribution in [2.24, 2.45) is 0 Å². The summed E-state index contributed by atoms with van der Waals surface area (Å²) < 4.78 is 44.3. The summed E-state index contributed by atoms with van der Waals surface area (Å²) in [5, 5.41) is 6.24. The smallest absolute Gasteiger partial charge is 0.435 e. The molecule has 9 heteroatoms. The van der Waals surface area contributed by atoms with E-state index < -0.39 is 17.8 Å². The van der Waals surface area contributed by atoms with Crippen LogP contribution in [0.1, 0.15) is 30.1 Å². The lowest BCUT2D eigenvalue weighted by Crippen LogP contribution is -2.38. The van der Waals surface area contributed by atoms with Crippen molar-refractivity contribution in [2.45, 2.75) is 31.6 Å². The number of alkyl halides is 3. The second kappa shape index (κ2) is 8.64. The van der Waals surface area contributed by atoms with Gasteiger partial charge in [-0.25, -0.2) is 0 Å². The minimum absolute atomic E-state index is 0.0639. The van der Waals surface area contributed by atoms with Gasteiger partial charge in [-0.05, 0) is 38.1 Å². The first-order chi connectivity index (χ1) is 13.4. The minimum Gasteiger partial charge on any atom is -0.496 e. The third-order valence-electron chi connectivity index (χ3n) is 4.81. The first-order valence-electron chi connectivity index (χ1n) is 9.13. The maximum Gasteiger partial charge on any atom is 0.435 e. The molecule has 3 rings (SSSR count). The van der Waals surface area contributed by atoms with Crippen LogP contribution in [0, 0.1) is 0 Å². The summed E-state index contributed by atoms with van der Waals surface area (Å²) in [5.41, 5.74) is -0.0325. The van der Waals surface area contributed by atoms with Crippen molar-refractivity contribution in [1.82, 2.24) is 20.0 Å². The predicted octanol–water partition coefficient (Wildman–Crippen LogP) is 2.86. The van der Waals surface area contributed by atoms with Crippen molar-refractivity contribution in [3.8, 4) is 5.75 Å². The molecule has 1 unspecified atom stereocenters. The number of halogens is 3. The van der Waals surface area contributed by atoms with Gasteiger partial charge in [0.05, 0.1) is 13.2 Å². The highest BCUT2D eigenvalue weighted by atomic mass is 19.4. The van der Waals surface area contributed by atoms with Crippen molar-refractivity contribution in [3.63, 3.8) is 0 Å². The second-order valence-electron chi connectivity index (χ2n) is 6.70. The van der Waals surface area contributed by atoms with E-state index in [1.807, 2.05) is 24.3 Å². The standard InChI is InChI=1S/C19H23F3N4O2/c1-28-16-7-3-2-6-14(16)15(25-9-4-5-10-25)12-23-18(27)13-26-11-8-17(24-26)19(20,21)22/h2-3,6-8,11,15H,4-5,9-10,12-13H2,1H3,(H,23,27). The van der Waals surface area contributed by atoms with E-state index in [0.29, 0.717) is 6.54 Å². The summed E-state index contributed by atoms with van der Waals surface area (Å²) in [6, 6.07) is 8.45. The van der Waals surface area contributed by atoms with Gasteiger partial charge in [0.15, 0.2) is 5.69 Å². The van der Waals surface area contributed by atoms with Gasteiger partial charge < -0.3 is 10.1 Å². The second-order valence-corrected chi connectivity index (χ2v) is 6.70. The summed E-state index contributed by atoms with van der Waals surface area (Å²) in [4.78, 5) is 14.6. The first-order valence-corrected chi connectivity index (χ1v) is 9.13. The molecule has 6 nitrogen and oxygen atoms in total. The Bertz CT molecular complexity index is 800. The Morgan fingerprint density at radius 1 is 1.25 bits per heavy atom. The van der Waals surface area contributed by atoms with Crippen molar-refractivity contribution in [2.75, 3.05) is 26.7 Å². The third kappa shape index (κ3) is 4.83. The van der Waals surface area contributed by atoms with E-state index in [9.17, 15) is 18.0 Å². The SMILES string of the molecule is COc1ccccc1C(CNC(=O)Cn1ccc(C(F)(F)F)n1)N1CCCC1. The lowest BCUT2D eigenvalue weighted by atomic mass is 10.0. The van der Waals surface area contributed by atoms with E-state index in [-0.39, 0.29) is 12.6 Å². The summed E-state index contributed by atoms with van der Waals surface area (Å²) in [6.45, 7) is 1.92. The molecule has 1 saturated heterocycles. The van der Waals surface area contributed by atoms with Crippen LogP contribution in [0.2, 0.25) is 0 Å². The van der Waals surface area contributed by atoms with Gasteiger partial charge in [-0.1, -0.05) is 18.2 Å². The molecule has 1 aromatic carbocycles. The molecule has 0 aliphatic carbocycles. The Kier molecular flexibility index (Phi) is 6.23. The van der Waals surface area contributed by atoms with E-state index in [0.717, 1.165) is 54.2 Å². The molecule has 1 fully saturated rings. The topological polar surface area (TPSA) is 59.4 Å². The zero-order valence-corrected chi connectivity index (χ0v) is 15.6. The number of carbonyl (C=O) groups is 1. The van der Waals surface area contributed by atoms with Crippen LogP contribution >= 0.6 is 0 Å². The number of para-hydroxylation sites is 1. The van der Waals surface area contributed by atoms with Gasteiger partial charge in [0.1, 0.15) is 12.3 Å². The molecule has 1 aliphatic heterocycles. The molecule has 152 valence electrons. The molecule has 2 aromatic rings. The van der Waals surface area contributed by atoms with Crippen LogP contribution in [-0.2, 0) is 17.5 Å². The van der Waals surface area contributed by atoms with Crippen LogP contribution in [0.5, 0.6) is 5.75 Å². The molecule has 1 amide bonds. The fourth-order valence-electron chi connectivity index (χ4n) is 3.45. The lowest BCUT2D eigenvalue weighted by molar-refractivity contribution is -0.141. The van der Waals surface area contributed by atoms with Gasteiger partial charge in [0, 0.05) is 18.3 Å². The molecule has 0 spiro atoms. The van der Waals surface area contributed by atoms with Gasteiger partial charge in [-0.3, -0.25) is 14.4 Å². The monoisotopic (exact) mass is 396 g/mol. The normalized spacial score (nSPS) is 16.1. The number of hydrogen-bond acceptors (Lipinski definition) is 4. The number of likely N-dealkylation sites (tertiary alicyclic amines) is 1. The van der Waals surface area contributed by atoms with E-state index in [1.54, 1.807) is 7.11 Å². The maximum absolute atomic E-state index is 12.6. The van der Waals surface area contributed by atoms with Gasteiger partial charge in [0.2, 0.25) is 5.91 Å². The predicted molar refractivity (Wildman–Crippen MR) is 96.8 cm³/mol. The fraction of sp³-hybridized carbons (Fsp3) is 0.474. The van der Waals surface area contributed by atoms with Crippen molar-refractivity contribution in [1.29, 1.82) is 0 Å². The summed E-state index contributed by atoms with van der Waals surface area (Å²) in [6.07, 6.45) is -1.19. The summed E-state index contributed by atoms with van der Waals surface area (Å²) in [7, 11) is 1.61. The number of nitrogens with zero attached hydrogens (tertiary/aromatic N) is 3. The quantitative estimate of drug-likeness (QED) is 0.782. The van der Waals surface area contributed by atoms with Crippen LogP contribution in [0.25, 0.3) is 0 Å². The van der Waals surface area contributed by atoms with Crippen LogP contribution in [0.4, 0.5) is 13.2 Å². The molecule has 0 bridgehead atoms. The molecule has 1 aliphatic rings. The van der Waals surface area contributed by atoms with E-state index in [2.05, 4.69) is 15.3 Å². The van der Waals surface area contributed by atoms with Crippen LogP contribution in [-0.4, -0.2) is 47.3 Å². The van der Waals surface area contributed by atoms with Crippen molar-refractivity contribution in [3.05, 3.63) is 47.8 Å².